The molecule has 6 atom stereocenters. The zero-order valence-corrected chi connectivity index (χ0v) is 27.4. The lowest BCUT2D eigenvalue weighted by molar-refractivity contribution is -0.150. The molecule has 242 valence electrons. The standard InChI is InChI=1S/C34H45FN4O5Si/c1-22-31(45(2,3)35)29(18-30(41)38-16-8-12-26(38)21-40)44-34(22)27-13-4-5-14-28(27)39(33(34)43)20-23-9-6-11-25(17-23)37-32(42)24-10-7-15-36-19-24/h4-6,9,11,13-14,17,22,24,26,29,31,36,40H,7-8,10,12,15-16,18-21H2,1-3H3,(H,37,42)/t22-,24?,26+,29+,31-,34+/m1/s1. The Morgan fingerprint density at radius 3 is 2.69 bits per heavy atom. The maximum Gasteiger partial charge on any atom is 0.264 e. The van der Waals surface area contributed by atoms with Gasteiger partial charge in [-0.15, -0.1) is 0 Å². The summed E-state index contributed by atoms with van der Waals surface area (Å²) < 4.78 is 22.9. The van der Waals surface area contributed by atoms with Gasteiger partial charge in [0.05, 0.1) is 43.3 Å². The third-order valence-electron chi connectivity index (χ3n) is 10.4. The highest BCUT2D eigenvalue weighted by Crippen LogP contribution is 2.60. The number of hydrogen-bond donors (Lipinski definition) is 3. The summed E-state index contributed by atoms with van der Waals surface area (Å²) in [5.74, 6) is -1.01. The van der Waals surface area contributed by atoms with E-state index in [4.69, 9.17) is 4.74 Å². The molecule has 0 aromatic heterocycles. The molecule has 9 nitrogen and oxygen atoms in total. The highest BCUT2D eigenvalue weighted by molar-refractivity contribution is 6.72. The number of rotatable bonds is 8. The van der Waals surface area contributed by atoms with Crippen molar-refractivity contribution in [2.75, 3.05) is 36.5 Å². The topological polar surface area (TPSA) is 111 Å². The largest absolute Gasteiger partial charge is 0.394 e. The second kappa shape index (κ2) is 12.6. The Balaban J connectivity index is 1.27. The second-order valence-corrected chi connectivity index (χ2v) is 17.5. The van der Waals surface area contributed by atoms with Crippen LogP contribution >= 0.6 is 0 Å². The molecule has 1 spiro atoms. The number of para-hydroxylation sites is 1. The molecule has 4 heterocycles. The SMILES string of the molecule is C[C@@H]1[C@@H]([Si](C)(C)F)[C@H](CC(=O)N2CCC[C@H]2CO)O[C@@]12C(=O)N(Cc1cccc(NC(=O)C3CCCNC3)c1)c1ccccc12. The van der Waals surface area contributed by atoms with E-state index in [1.165, 1.54) is 0 Å². The van der Waals surface area contributed by atoms with E-state index in [2.05, 4.69) is 10.6 Å². The summed E-state index contributed by atoms with van der Waals surface area (Å²) in [7, 11) is -3.42. The van der Waals surface area contributed by atoms with E-state index in [0.717, 1.165) is 37.8 Å². The first-order valence-electron chi connectivity index (χ1n) is 16.3. The molecule has 2 aromatic rings. The maximum absolute atomic E-state index is 16.2. The molecule has 4 aliphatic rings. The van der Waals surface area contributed by atoms with Crippen LogP contribution in [0.5, 0.6) is 0 Å². The van der Waals surface area contributed by atoms with E-state index in [-0.39, 0.29) is 49.3 Å². The van der Waals surface area contributed by atoms with Crippen LogP contribution in [0.4, 0.5) is 15.5 Å². The van der Waals surface area contributed by atoms with Gasteiger partial charge in [-0.25, -0.2) is 0 Å². The van der Waals surface area contributed by atoms with Crippen LogP contribution in [0.1, 0.15) is 50.2 Å². The van der Waals surface area contributed by atoms with Gasteiger partial charge in [0.2, 0.25) is 20.2 Å². The number of carbonyl (C=O) groups is 3. The number of nitrogens with one attached hydrogen (secondary N) is 2. The monoisotopic (exact) mass is 636 g/mol. The molecule has 3 saturated heterocycles. The first-order chi connectivity index (χ1) is 21.5. The van der Waals surface area contributed by atoms with E-state index >= 15 is 4.11 Å². The fraction of sp³-hybridized carbons (Fsp3) is 0.559. The average Bonchev–Trinajstić information content (AvgIpc) is 3.68. The van der Waals surface area contributed by atoms with Gasteiger partial charge in [-0.05, 0) is 69.1 Å². The Morgan fingerprint density at radius 2 is 1.96 bits per heavy atom. The minimum Gasteiger partial charge on any atom is -0.394 e. The summed E-state index contributed by atoms with van der Waals surface area (Å²) in [6.45, 7) is 7.46. The molecule has 1 unspecified atom stereocenters. The zero-order chi connectivity index (χ0) is 31.9. The van der Waals surface area contributed by atoms with Crippen molar-refractivity contribution in [1.82, 2.24) is 10.2 Å². The van der Waals surface area contributed by atoms with Crippen LogP contribution in [0.2, 0.25) is 18.6 Å². The van der Waals surface area contributed by atoms with Gasteiger partial charge >= 0.3 is 0 Å². The highest BCUT2D eigenvalue weighted by atomic mass is 28.4. The third-order valence-corrected chi connectivity index (χ3v) is 12.8. The number of ether oxygens (including phenoxy) is 1. The van der Waals surface area contributed by atoms with Gasteiger partial charge in [-0.2, -0.15) is 0 Å². The first-order valence-corrected chi connectivity index (χ1v) is 19.3. The number of hydrogen-bond acceptors (Lipinski definition) is 6. The number of aliphatic hydroxyl groups is 1. The van der Waals surface area contributed by atoms with Gasteiger partial charge in [0, 0.05) is 35.8 Å². The molecule has 6 rings (SSSR count). The molecule has 4 aliphatic heterocycles. The number of carbonyl (C=O) groups excluding carboxylic acids is 3. The van der Waals surface area contributed by atoms with Gasteiger partial charge < -0.3 is 34.4 Å². The van der Waals surface area contributed by atoms with Crippen molar-refractivity contribution in [2.24, 2.45) is 11.8 Å². The summed E-state index contributed by atoms with van der Waals surface area (Å²) >= 11 is 0. The van der Waals surface area contributed by atoms with Gasteiger partial charge in [0.15, 0.2) is 5.60 Å². The fourth-order valence-electron chi connectivity index (χ4n) is 8.25. The predicted molar refractivity (Wildman–Crippen MR) is 173 cm³/mol. The molecule has 3 fully saturated rings. The number of piperidine rings is 1. The highest BCUT2D eigenvalue weighted by Gasteiger charge is 2.67. The molecule has 0 bridgehead atoms. The Morgan fingerprint density at radius 1 is 1.16 bits per heavy atom. The lowest BCUT2D eigenvalue weighted by atomic mass is 9.82. The smallest absolute Gasteiger partial charge is 0.264 e. The first kappa shape index (κ1) is 31.8. The number of amides is 3. The molecule has 2 aromatic carbocycles. The van der Waals surface area contributed by atoms with E-state index in [1.807, 2.05) is 55.5 Å². The van der Waals surface area contributed by atoms with E-state index in [0.29, 0.717) is 30.0 Å². The van der Waals surface area contributed by atoms with Gasteiger partial charge in [0.1, 0.15) is 0 Å². The van der Waals surface area contributed by atoms with Crippen molar-refractivity contribution >= 4 is 37.5 Å². The van der Waals surface area contributed by atoms with E-state index < -0.39 is 31.6 Å². The number of aliphatic hydroxyl groups excluding tert-OH is 1. The van der Waals surface area contributed by atoms with Gasteiger partial charge in [0.25, 0.3) is 5.91 Å². The van der Waals surface area contributed by atoms with Crippen molar-refractivity contribution in [1.29, 1.82) is 0 Å². The maximum atomic E-state index is 16.2. The Labute approximate surface area is 265 Å². The van der Waals surface area contributed by atoms with Gasteiger partial charge in [-0.1, -0.05) is 37.3 Å². The summed E-state index contributed by atoms with van der Waals surface area (Å²) in [5.41, 5.74) is 0.930. The number of fused-ring (bicyclic) bond motifs is 2. The van der Waals surface area contributed by atoms with E-state index in [1.54, 1.807) is 22.9 Å². The molecule has 0 radical (unpaired) electrons. The lowest BCUT2D eigenvalue weighted by Gasteiger charge is -2.31. The van der Waals surface area contributed by atoms with Crippen LogP contribution < -0.4 is 15.5 Å². The third kappa shape index (κ3) is 5.84. The average molecular weight is 637 g/mol. The van der Waals surface area contributed by atoms with Crippen LogP contribution in [0.15, 0.2) is 48.5 Å². The molecular formula is C34H45FN4O5Si. The summed E-state index contributed by atoms with van der Waals surface area (Å²) in [6.07, 6.45) is 2.59. The van der Waals surface area contributed by atoms with Crippen LogP contribution in [-0.2, 0) is 31.3 Å². The van der Waals surface area contributed by atoms with Crippen molar-refractivity contribution in [2.45, 2.75) is 82.0 Å². The molecular weight excluding hydrogens is 591 g/mol. The summed E-state index contributed by atoms with van der Waals surface area (Å²) in [6, 6.07) is 14.8. The molecule has 0 saturated carbocycles. The van der Waals surface area contributed by atoms with Crippen LogP contribution in [0, 0.1) is 11.8 Å². The number of halogens is 1. The molecule has 11 heteroatoms. The van der Waals surface area contributed by atoms with Crippen molar-refractivity contribution < 1.29 is 28.3 Å². The Hall–Kier alpha value is -3.12. The number of likely N-dealkylation sites (tertiary alicyclic amines) is 1. The molecule has 45 heavy (non-hydrogen) atoms. The molecule has 3 amide bonds. The second-order valence-electron chi connectivity index (χ2n) is 13.7. The summed E-state index contributed by atoms with van der Waals surface area (Å²) in [4.78, 5) is 44.4. The van der Waals surface area contributed by atoms with Crippen molar-refractivity contribution in [3.05, 3.63) is 59.7 Å². The van der Waals surface area contributed by atoms with Crippen molar-refractivity contribution in [3.8, 4) is 0 Å². The Kier molecular flexibility index (Phi) is 8.90. The fourth-order valence-corrected chi connectivity index (χ4v) is 10.7. The zero-order valence-electron chi connectivity index (χ0n) is 26.4. The van der Waals surface area contributed by atoms with Gasteiger partial charge in [-0.3, -0.25) is 14.4 Å². The lowest BCUT2D eigenvalue weighted by Crippen LogP contribution is -2.45. The van der Waals surface area contributed by atoms with Crippen LogP contribution in [0.3, 0.4) is 0 Å². The minimum atomic E-state index is -3.42. The quantitative estimate of drug-likeness (QED) is 0.294. The predicted octanol–water partition coefficient (Wildman–Crippen LogP) is 4.32. The van der Waals surface area contributed by atoms with Crippen LogP contribution in [0.25, 0.3) is 0 Å². The number of benzene rings is 2. The van der Waals surface area contributed by atoms with Crippen LogP contribution in [-0.4, -0.2) is 74.5 Å². The normalized spacial score (nSPS) is 29.8. The number of anilines is 2. The van der Waals surface area contributed by atoms with Crippen molar-refractivity contribution in [3.63, 3.8) is 0 Å². The minimum absolute atomic E-state index is 0.0158. The van der Waals surface area contributed by atoms with E-state index in [9.17, 15) is 19.5 Å². The molecule has 0 aliphatic carbocycles. The number of nitrogens with zero attached hydrogens (tertiary/aromatic N) is 2. The Bertz CT molecular complexity index is 1450. The molecule has 3 N–H and O–H groups in total. The summed E-state index contributed by atoms with van der Waals surface area (Å²) in [5, 5.41) is 16.1.